The molecule has 10 heavy (non-hydrogen) atoms. The Balaban J connectivity index is -0.000000149. The van der Waals surface area contributed by atoms with Crippen LogP contribution < -0.4 is 11.7 Å². The van der Waals surface area contributed by atoms with Crippen LogP contribution >= 0.6 is 0 Å². The molecule has 0 heterocycles. The van der Waals surface area contributed by atoms with Gasteiger partial charge in [0.2, 0.25) is 0 Å². The SMILES string of the molecule is CCCCC(=O)O.NN.[Ce]. The van der Waals surface area contributed by atoms with Crippen LogP contribution in [0.15, 0.2) is 0 Å². The molecule has 4 nitrogen and oxygen atoms in total. The van der Waals surface area contributed by atoms with E-state index in [0.717, 1.165) is 12.8 Å². The summed E-state index contributed by atoms with van der Waals surface area (Å²) in [6.45, 7) is 1.98. The van der Waals surface area contributed by atoms with E-state index in [0.29, 0.717) is 6.42 Å². The smallest absolute Gasteiger partial charge is 0.303 e. The van der Waals surface area contributed by atoms with Gasteiger partial charge in [0.25, 0.3) is 0 Å². The van der Waals surface area contributed by atoms with E-state index in [4.69, 9.17) is 5.11 Å². The van der Waals surface area contributed by atoms with Gasteiger partial charge in [-0.05, 0) is 6.42 Å². The zero-order valence-corrected chi connectivity index (χ0v) is 9.27. The molecule has 0 bridgehead atoms. The van der Waals surface area contributed by atoms with Crippen molar-refractivity contribution in [2.75, 3.05) is 0 Å². The van der Waals surface area contributed by atoms with Crippen LogP contribution in [0.2, 0.25) is 0 Å². The number of unbranched alkanes of at least 4 members (excludes halogenated alkanes) is 1. The first-order valence-electron chi connectivity index (χ1n) is 2.82. The largest absolute Gasteiger partial charge is 0.481 e. The molecule has 5 heteroatoms. The van der Waals surface area contributed by atoms with Gasteiger partial charge in [0.05, 0.1) is 0 Å². The van der Waals surface area contributed by atoms with Crippen molar-refractivity contribution in [2.45, 2.75) is 26.2 Å². The standard InChI is InChI=1S/C5H10O2.Ce.H4N2/c1-2-3-4-5(6)7;;1-2/h2-4H2,1H3,(H,6,7);;1-2H2. The summed E-state index contributed by atoms with van der Waals surface area (Å²) in [7, 11) is 0. The van der Waals surface area contributed by atoms with Crippen molar-refractivity contribution in [3.63, 3.8) is 0 Å². The fraction of sp³-hybridized carbons (Fsp3) is 0.800. The number of hydrogen-bond donors (Lipinski definition) is 3. The Bertz CT molecular complexity index is 70.7. The van der Waals surface area contributed by atoms with Crippen molar-refractivity contribution in [2.24, 2.45) is 11.7 Å². The first-order valence-corrected chi connectivity index (χ1v) is 2.82. The number of carbonyl (C=O) groups is 1. The van der Waals surface area contributed by atoms with Gasteiger partial charge in [-0.1, -0.05) is 13.3 Å². The fourth-order valence-electron chi connectivity index (χ4n) is 0.328. The normalized spacial score (nSPS) is 6.70. The Hall–Kier alpha value is 0.767. The molecule has 0 rings (SSSR count). The molecule has 0 spiro atoms. The van der Waals surface area contributed by atoms with E-state index in [2.05, 4.69) is 11.7 Å². The number of rotatable bonds is 3. The summed E-state index contributed by atoms with van der Waals surface area (Å²) >= 11 is 0. The molecule has 60 valence electrons. The molecular formula is C5H14CeN2O2. The van der Waals surface area contributed by atoms with Crippen molar-refractivity contribution in [3.8, 4) is 0 Å². The van der Waals surface area contributed by atoms with Gasteiger partial charge in [-0.25, -0.2) is 0 Å². The predicted octanol–water partition coefficient (Wildman–Crippen LogP) is 0.0800. The molecule has 0 unspecified atom stereocenters. The predicted molar refractivity (Wildman–Crippen MR) is 35.5 cm³/mol. The molecule has 0 aromatic rings. The quantitative estimate of drug-likeness (QED) is 0.502. The Labute approximate surface area is 94.7 Å². The molecule has 0 aromatic carbocycles. The van der Waals surface area contributed by atoms with Gasteiger partial charge in [0, 0.05) is 48.2 Å². The molecule has 0 radical (unpaired) electrons. The summed E-state index contributed by atoms with van der Waals surface area (Å²) < 4.78 is 0. The monoisotopic (exact) mass is 274 g/mol. The molecule has 0 fully saturated rings. The Morgan fingerprint density at radius 2 is 1.90 bits per heavy atom. The topological polar surface area (TPSA) is 89.3 Å². The summed E-state index contributed by atoms with van der Waals surface area (Å²) in [6.07, 6.45) is 2.08. The minimum atomic E-state index is -0.693. The maximum absolute atomic E-state index is 9.76. The maximum Gasteiger partial charge on any atom is 0.303 e. The number of carboxylic acid groups (broad SMARTS) is 1. The van der Waals surface area contributed by atoms with Gasteiger partial charge in [0.1, 0.15) is 0 Å². The van der Waals surface area contributed by atoms with Gasteiger partial charge < -0.3 is 5.11 Å². The van der Waals surface area contributed by atoms with E-state index in [-0.39, 0.29) is 41.7 Å². The van der Waals surface area contributed by atoms with Crippen LogP contribution in [-0.4, -0.2) is 11.1 Å². The molecule has 0 aliphatic heterocycles. The second-order valence-corrected chi connectivity index (χ2v) is 1.50. The third-order valence-corrected chi connectivity index (χ3v) is 0.744. The molecule has 0 saturated carbocycles. The van der Waals surface area contributed by atoms with E-state index < -0.39 is 5.97 Å². The summed E-state index contributed by atoms with van der Waals surface area (Å²) in [5.41, 5.74) is 0. The van der Waals surface area contributed by atoms with Gasteiger partial charge in [-0.15, -0.1) is 0 Å². The number of hydrogen-bond acceptors (Lipinski definition) is 3. The fourth-order valence-corrected chi connectivity index (χ4v) is 0.328. The summed E-state index contributed by atoms with van der Waals surface area (Å²) in [4.78, 5) is 9.76. The van der Waals surface area contributed by atoms with E-state index in [1.54, 1.807) is 0 Å². The van der Waals surface area contributed by atoms with Crippen LogP contribution in [0, 0.1) is 41.7 Å². The summed E-state index contributed by atoms with van der Waals surface area (Å²) in [5, 5.41) is 8.04. The zero-order valence-electron chi connectivity index (χ0n) is 6.13. The summed E-state index contributed by atoms with van der Waals surface area (Å²) in [5.74, 6) is 7.31. The molecule has 5 N–H and O–H groups in total. The van der Waals surface area contributed by atoms with Crippen LogP contribution in [0.4, 0.5) is 0 Å². The van der Waals surface area contributed by atoms with Crippen LogP contribution in [0.5, 0.6) is 0 Å². The first kappa shape index (κ1) is 17.0. The molecule has 0 aliphatic rings. The van der Waals surface area contributed by atoms with Crippen molar-refractivity contribution >= 4 is 5.97 Å². The molecule has 0 atom stereocenters. The minimum Gasteiger partial charge on any atom is -0.481 e. The van der Waals surface area contributed by atoms with E-state index in [1.807, 2.05) is 6.92 Å². The van der Waals surface area contributed by atoms with Gasteiger partial charge >= 0.3 is 5.97 Å². The average Bonchev–Trinajstić information content (AvgIpc) is 1.88. The van der Waals surface area contributed by atoms with Crippen LogP contribution in [-0.2, 0) is 4.79 Å². The van der Waals surface area contributed by atoms with Gasteiger partial charge in [-0.2, -0.15) is 0 Å². The molecular weight excluding hydrogens is 260 g/mol. The maximum atomic E-state index is 9.76. The van der Waals surface area contributed by atoms with Crippen molar-refractivity contribution in [1.82, 2.24) is 0 Å². The van der Waals surface area contributed by atoms with E-state index in [1.165, 1.54) is 0 Å². The molecule has 0 amide bonds. The number of nitrogens with two attached hydrogens (primary N) is 2. The Morgan fingerprint density at radius 1 is 1.50 bits per heavy atom. The number of hydrazine groups is 1. The van der Waals surface area contributed by atoms with E-state index >= 15 is 0 Å². The minimum absolute atomic E-state index is 0. The number of aliphatic carboxylic acids is 1. The Kier molecular flexibility index (Phi) is 27.9. The van der Waals surface area contributed by atoms with Crippen molar-refractivity contribution in [1.29, 1.82) is 0 Å². The molecule has 0 saturated heterocycles. The second kappa shape index (κ2) is 16.4. The van der Waals surface area contributed by atoms with Gasteiger partial charge in [0.15, 0.2) is 0 Å². The first-order chi connectivity index (χ1) is 4.27. The third-order valence-electron chi connectivity index (χ3n) is 0.744. The van der Waals surface area contributed by atoms with Crippen molar-refractivity contribution < 1.29 is 51.6 Å². The summed E-state index contributed by atoms with van der Waals surface area (Å²) in [6, 6.07) is 0. The van der Waals surface area contributed by atoms with Crippen LogP contribution in [0.3, 0.4) is 0 Å². The average molecular weight is 274 g/mol. The van der Waals surface area contributed by atoms with Gasteiger partial charge in [-0.3, -0.25) is 16.5 Å². The second-order valence-electron chi connectivity index (χ2n) is 1.50. The Morgan fingerprint density at radius 3 is 2.00 bits per heavy atom. The number of carboxylic acids is 1. The van der Waals surface area contributed by atoms with Crippen molar-refractivity contribution in [3.05, 3.63) is 0 Å². The van der Waals surface area contributed by atoms with E-state index in [9.17, 15) is 4.79 Å². The zero-order chi connectivity index (χ0) is 7.70. The molecule has 0 aromatic heterocycles. The van der Waals surface area contributed by atoms with Crippen LogP contribution in [0.1, 0.15) is 26.2 Å². The molecule has 0 aliphatic carbocycles. The third kappa shape index (κ3) is 23.3. The van der Waals surface area contributed by atoms with Crippen LogP contribution in [0.25, 0.3) is 0 Å².